The number of aryl methyl sites for hydroxylation is 1. The van der Waals surface area contributed by atoms with Gasteiger partial charge in [-0.1, -0.05) is 0 Å². The van der Waals surface area contributed by atoms with Crippen LogP contribution < -0.4 is 10.5 Å². The van der Waals surface area contributed by atoms with Gasteiger partial charge in [0.2, 0.25) is 0 Å². The number of anilines is 2. The molecule has 8 heteroatoms. The molecule has 0 saturated heterocycles. The fourth-order valence-corrected chi connectivity index (χ4v) is 3.02. The molecule has 0 aliphatic rings. The first-order chi connectivity index (χ1) is 8.40. The number of aromatic nitrogens is 2. The van der Waals surface area contributed by atoms with Gasteiger partial charge in [-0.2, -0.15) is 5.10 Å². The van der Waals surface area contributed by atoms with E-state index in [-0.39, 0.29) is 4.90 Å². The molecule has 0 aliphatic carbocycles. The zero-order valence-corrected chi connectivity index (χ0v) is 11.8. The van der Waals surface area contributed by atoms with Gasteiger partial charge < -0.3 is 5.73 Å². The summed E-state index contributed by atoms with van der Waals surface area (Å²) in [6.45, 7) is 1.84. The Labute approximate surface area is 113 Å². The topological polar surface area (TPSA) is 101 Å². The molecule has 4 N–H and O–H groups in total. The van der Waals surface area contributed by atoms with Crippen LogP contribution in [0.4, 0.5) is 11.4 Å². The zero-order chi connectivity index (χ0) is 13.3. The quantitative estimate of drug-likeness (QED) is 0.747. The van der Waals surface area contributed by atoms with Gasteiger partial charge in [0, 0.05) is 16.4 Å². The van der Waals surface area contributed by atoms with Crippen molar-refractivity contribution in [2.45, 2.75) is 11.8 Å². The number of nitrogens with two attached hydrogens (primary N) is 1. The molecule has 0 bridgehead atoms. The Bertz CT molecular complexity index is 667. The first-order valence-electron chi connectivity index (χ1n) is 4.97. The second kappa shape index (κ2) is 4.62. The molecule has 1 heterocycles. The molecule has 0 atom stereocenters. The Morgan fingerprint density at radius 3 is 2.78 bits per heavy atom. The van der Waals surface area contributed by atoms with Crippen LogP contribution in [0.5, 0.6) is 0 Å². The van der Waals surface area contributed by atoms with Crippen LogP contribution in [-0.4, -0.2) is 18.6 Å². The van der Waals surface area contributed by atoms with E-state index in [9.17, 15) is 8.42 Å². The number of nitrogens with one attached hydrogen (secondary N) is 2. The number of rotatable bonds is 3. The van der Waals surface area contributed by atoms with Crippen LogP contribution in [0.1, 0.15) is 5.56 Å². The van der Waals surface area contributed by atoms with Crippen LogP contribution in [-0.2, 0) is 10.0 Å². The second-order valence-electron chi connectivity index (χ2n) is 3.73. The van der Waals surface area contributed by atoms with Gasteiger partial charge in [-0.3, -0.25) is 9.82 Å². The Balaban J connectivity index is 2.39. The molecule has 0 amide bonds. The van der Waals surface area contributed by atoms with Gasteiger partial charge in [0.25, 0.3) is 10.0 Å². The summed E-state index contributed by atoms with van der Waals surface area (Å²) in [5.74, 6) is 0. The lowest BCUT2D eigenvalue weighted by atomic mass is 10.2. The lowest BCUT2D eigenvalue weighted by Crippen LogP contribution is -2.13. The van der Waals surface area contributed by atoms with Crippen molar-refractivity contribution < 1.29 is 8.42 Å². The Kier molecular flexibility index (Phi) is 3.31. The minimum atomic E-state index is -3.65. The summed E-state index contributed by atoms with van der Waals surface area (Å²) < 4.78 is 27.0. The van der Waals surface area contributed by atoms with Crippen LogP contribution in [0.3, 0.4) is 0 Å². The van der Waals surface area contributed by atoms with E-state index in [1.807, 2.05) is 6.92 Å². The van der Waals surface area contributed by atoms with Gasteiger partial charge in [-0.05, 0) is 40.5 Å². The molecule has 6 nitrogen and oxygen atoms in total. The molecule has 18 heavy (non-hydrogen) atoms. The molecule has 1 aromatic carbocycles. The molecule has 0 spiro atoms. The third kappa shape index (κ3) is 2.49. The number of sulfonamides is 1. The van der Waals surface area contributed by atoms with E-state index in [4.69, 9.17) is 5.73 Å². The van der Waals surface area contributed by atoms with Gasteiger partial charge in [0.05, 0.1) is 11.9 Å². The molecule has 0 radical (unpaired) electrons. The van der Waals surface area contributed by atoms with Crippen molar-refractivity contribution in [3.63, 3.8) is 0 Å². The standard InChI is InChI=1S/C10H11BrN4O2S/c1-6-2-8(11)10(3-9(6)12)15-18(16,17)7-4-13-14-5-7/h2-5,15H,12H2,1H3,(H,13,14). The minimum absolute atomic E-state index is 0.0635. The highest BCUT2D eigenvalue weighted by atomic mass is 79.9. The van der Waals surface area contributed by atoms with Crippen molar-refractivity contribution in [2.24, 2.45) is 0 Å². The Morgan fingerprint density at radius 1 is 1.44 bits per heavy atom. The smallest absolute Gasteiger partial charge is 0.265 e. The molecule has 2 aromatic rings. The number of nitrogen functional groups attached to an aromatic ring is 1. The highest BCUT2D eigenvalue weighted by Gasteiger charge is 2.17. The predicted molar refractivity (Wildman–Crippen MR) is 72.7 cm³/mol. The van der Waals surface area contributed by atoms with Gasteiger partial charge in [0.15, 0.2) is 0 Å². The number of aromatic amines is 1. The first kappa shape index (κ1) is 12.9. The summed E-state index contributed by atoms with van der Waals surface area (Å²) in [7, 11) is -3.65. The third-order valence-corrected chi connectivity index (χ3v) is 4.37. The summed E-state index contributed by atoms with van der Waals surface area (Å²) in [4.78, 5) is 0.0635. The van der Waals surface area contributed by atoms with Gasteiger partial charge in [0.1, 0.15) is 4.90 Å². The number of hydrogen-bond donors (Lipinski definition) is 3. The van der Waals surface area contributed by atoms with Crippen molar-refractivity contribution in [1.29, 1.82) is 0 Å². The number of hydrogen-bond acceptors (Lipinski definition) is 4. The van der Waals surface area contributed by atoms with Gasteiger partial charge in [-0.15, -0.1) is 0 Å². The lowest BCUT2D eigenvalue weighted by molar-refractivity contribution is 0.601. The van der Waals surface area contributed by atoms with Crippen molar-refractivity contribution in [3.8, 4) is 0 Å². The van der Waals surface area contributed by atoms with Crippen LogP contribution in [0.15, 0.2) is 33.9 Å². The average molecular weight is 331 g/mol. The van der Waals surface area contributed by atoms with Crippen LogP contribution >= 0.6 is 15.9 Å². The molecular weight excluding hydrogens is 320 g/mol. The Morgan fingerprint density at radius 2 is 2.17 bits per heavy atom. The van der Waals surface area contributed by atoms with E-state index in [1.54, 1.807) is 12.1 Å². The van der Waals surface area contributed by atoms with E-state index in [0.29, 0.717) is 15.8 Å². The van der Waals surface area contributed by atoms with Gasteiger partial charge in [-0.25, -0.2) is 8.42 Å². The monoisotopic (exact) mass is 330 g/mol. The number of halogens is 1. The molecule has 1 aromatic heterocycles. The SMILES string of the molecule is Cc1cc(Br)c(NS(=O)(=O)c2cn[nH]c2)cc1N. The molecule has 0 aliphatic heterocycles. The van der Waals surface area contributed by atoms with E-state index in [0.717, 1.165) is 5.56 Å². The van der Waals surface area contributed by atoms with Crippen LogP contribution in [0.2, 0.25) is 0 Å². The summed E-state index contributed by atoms with van der Waals surface area (Å²) >= 11 is 3.29. The molecule has 0 saturated carbocycles. The van der Waals surface area contributed by atoms with Crippen molar-refractivity contribution in [3.05, 3.63) is 34.6 Å². The lowest BCUT2D eigenvalue weighted by Gasteiger charge is -2.10. The second-order valence-corrected chi connectivity index (χ2v) is 6.26. The number of benzene rings is 1. The van der Waals surface area contributed by atoms with Crippen LogP contribution in [0.25, 0.3) is 0 Å². The first-order valence-corrected chi connectivity index (χ1v) is 7.25. The van der Waals surface area contributed by atoms with Gasteiger partial charge >= 0.3 is 0 Å². The van der Waals surface area contributed by atoms with Crippen molar-refractivity contribution >= 4 is 37.3 Å². The van der Waals surface area contributed by atoms with E-state index in [2.05, 4.69) is 30.8 Å². The fraction of sp³-hybridized carbons (Fsp3) is 0.100. The van der Waals surface area contributed by atoms with Crippen LogP contribution in [0, 0.1) is 6.92 Å². The Hall–Kier alpha value is -1.54. The van der Waals surface area contributed by atoms with E-state index in [1.165, 1.54) is 12.4 Å². The predicted octanol–water partition coefficient (Wildman–Crippen LogP) is 1.86. The zero-order valence-electron chi connectivity index (χ0n) is 9.44. The third-order valence-electron chi connectivity index (χ3n) is 2.38. The highest BCUT2D eigenvalue weighted by Crippen LogP contribution is 2.29. The molecular formula is C10H11BrN4O2S. The highest BCUT2D eigenvalue weighted by molar-refractivity contribution is 9.10. The summed E-state index contributed by atoms with van der Waals surface area (Å²) in [5, 5.41) is 6.05. The van der Waals surface area contributed by atoms with Crippen molar-refractivity contribution in [1.82, 2.24) is 10.2 Å². The van der Waals surface area contributed by atoms with E-state index >= 15 is 0 Å². The van der Waals surface area contributed by atoms with E-state index < -0.39 is 10.0 Å². The largest absolute Gasteiger partial charge is 0.398 e. The summed E-state index contributed by atoms with van der Waals surface area (Å²) in [5.41, 5.74) is 7.53. The summed E-state index contributed by atoms with van der Waals surface area (Å²) in [6, 6.07) is 3.32. The average Bonchev–Trinajstić information content (AvgIpc) is 2.79. The fourth-order valence-electron chi connectivity index (χ4n) is 1.36. The molecule has 0 unspecified atom stereocenters. The van der Waals surface area contributed by atoms with Crippen molar-refractivity contribution in [2.75, 3.05) is 10.5 Å². The molecule has 96 valence electrons. The number of H-pyrrole nitrogens is 1. The maximum absolute atomic E-state index is 12.0. The molecule has 0 fully saturated rings. The maximum Gasteiger partial charge on any atom is 0.265 e. The minimum Gasteiger partial charge on any atom is -0.398 e. The molecule has 2 rings (SSSR count). The number of nitrogens with zero attached hydrogens (tertiary/aromatic N) is 1. The normalized spacial score (nSPS) is 11.4. The summed E-state index contributed by atoms with van der Waals surface area (Å²) in [6.07, 6.45) is 2.53. The maximum atomic E-state index is 12.0.